The molecule has 3 aliphatic rings. The van der Waals surface area contributed by atoms with E-state index < -0.39 is 12.2 Å². The molecule has 0 aliphatic carbocycles. The number of aromatic amines is 1. The summed E-state index contributed by atoms with van der Waals surface area (Å²) in [4.78, 5) is 65.5. The number of fused-ring (bicyclic) bond motifs is 2. The van der Waals surface area contributed by atoms with Crippen LogP contribution in [0.5, 0.6) is 0 Å². The number of benzene rings is 2. The first-order valence-electron chi connectivity index (χ1n) is 23.3. The minimum atomic E-state index is -0.774. The quantitative estimate of drug-likeness (QED) is 0.0834. The van der Waals surface area contributed by atoms with Gasteiger partial charge in [-0.05, 0) is 99.8 Å². The Morgan fingerprint density at radius 2 is 1.53 bits per heavy atom. The highest BCUT2D eigenvalue weighted by atomic mass is 16.7. The molecule has 14 heteroatoms. The average molecular weight is 853 g/mol. The number of piperazine rings is 1. The van der Waals surface area contributed by atoms with E-state index in [1.165, 1.54) is 32.1 Å². The fourth-order valence-corrected chi connectivity index (χ4v) is 9.60. The molecule has 2 aromatic carbocycles. The Bertz CT molecular complexity index is 2160. The van der Waals surface area contributed by atoms with Crippen LogP contribution in [0.3, 0.4) is 0 Å². The lowest BCUT2D eigenvalue weighted by Crippen LogP contribution is -2.59. The smallest absolute Gasteiger partial charge is 0.434 e. The summed E-state index contributed by atoms with van der Waals surface area (Å²) in [7, 11) is 2.17. The van der Waals surface area contributed by atoms with Crippen molar-refractivity contribution in [1.29, 1.82) is 0 Å². The molecule has 5 heterocycles. The fourth-order valence-electron chi connectivity index (χ4n) is 9.60. The zero-order chi connectivity index (χ0) is 43.4. The highest BCUT2D eigenvalue weighted by molar-refractivity contribution is 5.88. The van der Waals surface area contributed by atoms with Crippen molar-refractivity contribution in [3.63, 3.8) is 0 Å². The molecule has 14 nitrogen and oxygen atoms in total. The molecule has 0 bridgehead atoms. The zero-order valence-electron chi connectivity index (χ0n) is 37.2. The maximum atomic E-state index is 14.5. The van der Waals surface area contributed by atoms with Gasteiger partial charge in [0.1, 0.15) is 6.04 Å². The second kappa shape index (κ2) is 21.9. The van der Waals surface area contributed by atoms with Crippen LogP contribution in [0, 0.1) is 6.92 Å². The van der Waals surface area contributed by atoms with Crippen LogP contribution in [0.1, 0.15) is 107 Å². The lowest BCUT2D eigenvalue weighted by molar-refractivity contribution is -0.135. The molecule has 336 valence electrons. The van der Waals surface area contributed by atoms with E-state index in [0.29, 0.717) is 58.1 Å². The summed E-state index contributed by atoms with van der Waals surface area (Å²) in [5.41, 5.74) is 4.09. The minimum absolute atomic E-state index is 0.0390. The van der Waals surface area contributed by atoms with Crippen LogP contribution >= 0.6 is 0 Å². The van der Waals surface area contributed by atoms with Gasteiger partial charge >= 0.3 is 12.2 Å². The third kappa shape index (κ3) is 11.9. The van der Waals surface area contributed by atoms with Gasteiger partial charge in [-0.1, -0.05) is 76.1 Å². The first kappa shape index (κ1) is 45.1. The Hall–Kier alpha value is -4.95. The predicted octanol–water partition coefficient (Wildman–Crippen LogP) is 7.18. The van der Waals surface area contributed by atoms with Gasteiger partial charge in [-0.2, -0.15) is 5.10 Å². The number of rotatable bonds is 17. The van der Waals surface area contributed by atoms with E-state index >= 15 is 0 Å². The van der Waals surface area contributed by atoms with Gasteiger partial charge in [-0.25, -0.2) is 14.3 Å². The number of carbonyl (C=O) groups is 3. The average Bonchev–Trinajstić information content (AvgIpc) is 3.71. The number of H-pyrrole nitrogens is 1. The molecule has 2 N–H and O–H groups in total. The number of likely N-dealkylation sites (tertiary alicyclic amines) is 2. The monoisotopic (exact) mass is 853 g/mol. The minimum Gasteiger partial charge on any atom is -0.434 e. The summed E-state index contributed by atoms with van der Waals surface area (Å²) in [6, 6.07) is 13.3. The molecule has 0 spiro atoms. The summed E-state index contributed by atoms with van der Waals surface area (Å²) in [6.07, 6.45) is 14.4. The van der Waals surface area contributed by atoms with Gasteiger partial charge in [0.25, 0.3) is 5.56 Å². The number of amides is 3. The van der Waals surface area contributed by atoms with E-state index in [9.17, 15) is 19.2 Å². The second-order valence-corrected chi connectivity index (χ2v) is 17.9. The summed E-state index contributed by atoms with van der Waals surface area (Å²) >= 11 is 0. The number of hydrogen-bond acceptors (Lipinski definition) is 9. The first-order valence-corrected chi connectivity index (χ1v) is 23.3. The largest absolute Gasteiger partial charge is 0.510 e. The molecule has 3 aliphatic heterocycles. The lowest BCUT2D eigenvalue weighted by atomic mass is 9.89. The number of nitrogens with zero attached hydrogens (tertiary/aromatic N) is 6. The van der Waals surface area contributed by atoms with Crippen molar-refractivity contribution in [2.24, 2.45) is 0 Å². The SMILES string of the molecule is CCCCCCCCCCOC(=O)OCn1cc2cc(C[C@@H](NC(=O)N3CCC(c4cc5ccccc5[nH]c4=O)CC3)C(=O)N3CCN(C4CCN(C)CC4)CC3)cc(C)c2n1. The molecule has 7 rings (SSSR count). The number of nitrogens with one attached hydrogen (secondary N) is 2. The standard InChI is InChI=1S/C48H68N8O6/c1-4-5-6-7-8-9-10-13-28-61-48(60)62-34-56-33-39-30-36(29-35(2)44(39)51-56)31-43(46(58)54-26-24-53(25-27-54)40-18-20-52(3)21-19-40)50-47(59)55-22-16-37(17-23-55)41-32-38-14-11-12-15-42(38)49-45(41)57/h11-12,14-15,29-30,32-33,37,40,43H,4-10,13,16-28,31,34H2,1-3H3,(H,49,57)(H,50,59)/t43-/m1/s1. The van der Waals surface area contributed by atoms with Crippen molar-refractivity contribution in [3.8, 4) is 0 Å². The number of unbranched alkanes of at least 4 members (excludes halogenated alkanes) is 7. The van der Waals surface area contributed by atoms with Crippen molar-refractivity contribution in [3.05, 3.63) is 75.7 Å². The summed E-state index contributed by atoms with van der Waals surface area (Å²) in [5, 5.41) is 9.68. The van der Waals surface area contributed by atoms with E-state index in [-0.39, 0.29) is 30.1 Å². The molecule has 4 aromatic rings. The molecular weight excluding hydrogens is 785 g/mol. The Morgan fingerprint density at radius 1 is 0.823 bits per heavy atom. The fraction of sp³-hybridized carbons (Fsp3) is 0.604. The Morgan fingerprint density at radius 3 is 2.27 bits per heavy atom. The third-order valence-corrected chi connectivity index (χ3v) is 13.3. The van der Waals surface area contributed by atoms with Gasteiger partial charge in [0.15, 0.2) is 6.73 Å². The van der Waals surface area contributed by atoms with Crippen LogP contribution in [0.25, 0.3) is 21.8 Å². The summed E-state index contributed by atoms with van der Waals surface area (Å²) < 4.78 is 12.3. The molecule has 3 saturated heterocycles. The topological polar surface area (TPSA) is 145 Å². The second-order valence-electron chi connectivity index (χ2n) is 17.9. The van der Waals surface area contributed by atoms with Crippen LogP contribution in [0.2, 0.25) is 0 Å². The molecule has 3 fully saturated rings. The number of aromatic nitrogens is 3. The molecule has 62 heavy (non-hydrogen) atoms. The van der Waals surface area contributed by atoms with Gasteiger partial charge < -0.3 is 34.5 Å². The maximum Gasteiger partial charge on any atom is 0.510 e. The normalized spacial score (nSPS) is 17.7. The van der Waals surface area contributed by atoms with Crippen LogP contribution in [-0.2, 0) is 27.4 Å². The number of hydrogen-bond donors (Lipinski definition) is 2. The highest BCUT2D eigenvalue weighted by Gasteiger charge is 2.34. The molecular formula is C48H68N8O6. The van der Waals surface area contributed by atoms with Gasteiger partial charge in [0.2, 0.25) is 5.91 Å². The van der Waals surface area contributed by atoms with Crippen molar-refractivity contribution in [1.82, 2.24) is 39.7 Å². The van der Waals surface area contributed by atoms with Crippen LogP contribution in [0.15, 0.2) is 53.5 Å². The van der Waals surface area contributed by atoms with Gasteiger partial charge in [0, 0.05) is 74.4 Å². The third-order valence-electron chi connectivity index (χ3n) is 13.3. The predicted molar refractivity (Wildman–Crippen MR) is 242 cm³/mol. The molecule has 1 atom stereocenters. The van der Waals surface area contributed by atoms with E-state index in [2.05, 4.69) is 39.2 Å². The zero-order valence-corrected chi connectivity index (χ0v) is 37.2. The van der Waals surface area contributed by atoms with E-state index in [0.717, 1.165) is 96.8 Å². The number of pyridine rings is 1. The lowest BCUT2D eigenvalue weighted by Gasteiger charge is -2.43. The number of aryl methyl sites for hydroxylation is 1. The van der Waals surface area contributed by atoms with Gasteiger partial charge in [-0.3, -0.25) is 14.5 Å². The van der Waals surface area contributed by atoms with E-state index in [4.69, 9.17) is 9.47 Å². The van der Waals surface area contributed by atoms with E-state index in [1.807, 2.05) is 60.5 Å². The Labute approximate surface area is 366 Å². The molecule has 0 saturated carbocycles. The summed E-state index contributed by atoms with van der Waals surface area (Å²) in [6.45, 7) is 10.5. The van der Waals surface area contributed by atoms with Crippen molar-refractivity contribution in [2.75, 3.05) is 66.0 Å². The van der Waals surface area contributed by atoms with Crippen molar-refractivity contribution in [2.45, 2.75) is 122 Å². The number of ether oxygens (including phenoxy) is 2. The summed E-state index contributed by atoms with van der Waals surface area (Å²) in [5.74, 6) is -0.0385. The number of para-hydroxylation sites is 1. The highest BCUT2D eigenvalue weighted by Crippen LogP contribution is 2.28. The molecule has 2 aromatic heterocycles. The number of piperidine rings is 2. The van der Waals surface area contributed by atoms with Gasteiger partial charge in [-0.15, -0.1) is 0 Å². The van der Waals surface area contributed by atoms with E-state index in [1.54, 1.807) is 9.58 Å². The molecule has 0 radical (unpaired) electrons. The first-order chi connectivity index (χ1) is 30.1. The van der Waals surface area contributed by atoms with Crippen LogP contribution in [0.4, 0.5) is 9.59 Å². The number of urea groups is 1. The van der Waals surface area contributed by atoms with Crippen molar-refractivity contribution < 1.29 is 23.9 Å². The molecule has 0 unspecified atom stereocenters. The Kier molecular flexibility index (Phi) is 15.9. The van der Waals surface area contributed by atoms with Crippen molar-refractivity contribution >= 4 is 39.9 Å². The maximum absolute atomic E-state index is 14.5. The molecule has 3 amide bonds. The van der Waals surface area contributed by atoms with Crippen LogP contribution < -0.4 is 10.9 Å². The Balaban J connectivity index is 0.971. The number of carbonyl (C=O) groups excluding carboxylic acids is 3. The van der Waals surface area contributed by atoms with Gasteiger partial charge in [0.05, 0.1) is 12.1 Å². The van der Waals surface area contributed by atoms with Crippen LogP contribution in [-0.4, -0.2) is 131 Å².